The van der Waals surface area contributed by atoms with Crippen LogP contribution in [0.3, 0.4) is 0 Å². The average molecular weight is 898 g/mol. The number of unbranched alkanes of at least 4 members (excludes halogenated alkanes) is 3. The van der Waals surface area contributed by atoms with E-state index in [1.165, 1.54) is 68.7 Å². The van der Waals surface area contributed by atoms with E-state index in [9.17, 15) is 0 Å². The lowest BCUT2D eigenvalue weighted by molar-refractivity contribution is 0.266. The van der Waals surface area contributed by atoms with Gasteiger partial charge in [0.05, 0.1) is 34.1 Å². The quantitative estimate of drug-likeness (QED) is 0.0686. The second-order valence-electron chi connectivity index (χ2n) is 19.1. The molecule has 344 valence electrons. The van der Waals surface area contributed by atoms with Gasteiger partial charge in [0.2, 0.25) is 0 Å². The van der Waals surface area contributed by atoms with Crippen molar-refractivity contribution in [1.82, 2.24) is 0 Å². The number of anilines is 1. The Kier molecular flexibility index (Phi) is 14.7. The fourth-order valence-electron chi connectivity index (χ4n) is 9.47. The summed E-state index contributed by atoms with van der Waals surface area (Å²) in [4.78, 5) is 0. The molecule has 68 heavy (non-hydrogen) atoms. The largest absolute Gasteiger partial charge is 0.457 e. The standard InChI is InChI=1S/C60H63N7O/c1-5-7-8-9-16-42-23-25-43(26-24-42)41-61-54-35-36-56(49-18-11-10-17-48(49)54)64-65-58-39-40-59(53-22-15-14-21-52(53)58)67-66-57-38-37-55(50-19-12-13-20-51(50)57)63-62-45-29-33-47(34-30-45)68-46-31-27-44(28-32-46)60(3,4)6-2/h10-15,17-22,27-40,42-43,61H,5-9,16,23-26,41H2,1-4H3. The highest BCUT2D eigenvalue weighted by Gasteiger charge is 2.21. The zero-order valence-electron chi connectivity index (χ0n) is 40.0. The number of rotatable bonds is 18. The molecule has 0 heterocycles. The molecule has 0 spiro atoms. The summed E-state index contributed by atoms with van der Waals surface area (Å²) in [5.41, 5.74) is 7.17. The van der Waals surface area contributed by atoms with Crippen LogP contribution in [0.15, 0.2) is 188 Å². The molecule has 8 nitrogen and oxygen atoms in total. The lowest BCUT2D eigenvalue weighted by Gasteiger charge is -2.29. The minimum Gasteiger partial charge on any atom is -0.457 e. The topological polar surface area (TPSA) is 95.4 Å². The zero-order valence-corrected chi connectivity index (χ0v) is 40.0. The van der Waals surface area contributed by atoms with Crippen molar-refractivity contribution >= 4 is 72.1 Å². The Balaban J connectivity index is 0.868. The maximum atomic E-state index is 6.13. The van der Waals surface area contributed by atoms with E-state index in [0.29, 0.717) is 0 Å². The van der Waals surface area contributed by atoms with E-state index in [4.69, 9.17) is 25.2 Å². The van der Waals surface area contributed by atoms with Crippen molar-refractivity contribution in [3.63, 3.8) is 0 Å². The second kappa shape index (κ2) is 21.7. The number of azo groups is 3. The summed E-state index contributed by atoms with van der Waals surface area (Å²) in [5, 5.41) is 38.3. The highest BCUT2D eigenvalue weighted by atomic mass is 16.5. The molecule has 1 fully saturated rings. The third kappa shape index (κ3) is 11.0. The fraction of sp³-hybridized carbons (Fsp3) is 0.300. The number of benzene rings is 8. The van der Waals surface area contributed by atoms with Crippen molar-refractivity contribution in [3.8, 4) is 11.5 Å². The van der Waals surface area contributed by atoms with Gasteiger partial charge < -0.3 is 10.1 Å². The molecule has 0 unspecified atom stereocenters. The molecule has 9 rings (SSSR count). The van der Waals surface area contributed by atoms with Gasteiger partial charge >= 0.3 is 0 Å². The Bertz CT molecular complexity index is 3060. The normalized spacial score (nSPS) is 15.6. The number of nitrogens with zero attached hydrogens (tertiary/aromatic N) is 6. The van der Waals surface area contributed by atoms with Crippen LogP contribution in [0.25, 0.3) is 32.3 Å². The summed E-state index contributed by atoms with van der Waals surface area (Å²) >= 11 is 0. The Labute approximate surface area is 401 Å². The number of ether oxygens (including phenoxy) is 1. The first-order chi connectivity index (χ1) is 33.3. The summed E-state index contributed by atoms with van der Waals surface area (Å²) in [6.45, 7) is 10.0. The molecule has 1 aliphatic carbocycles. The molecule has 0 bridgehead atoms. The van der Waals surface area contributed by atoms with Crippen LogP contribution < -0.4 is 10.1 Å². The maximum Gasteiger partial charge on any atom is 0.127 e. The van der Waals surface area contributed by atoms with Crippen molar-refractivity contribution in [2.75, 3.05) is 11.9 Å². The van der Waals surface area contributed by atoms with Crippen LogP contribution in [0, 0.1) is 11.8 Å². The second-order valence-corrected chi connectivity index (χ2v) is 19.1. The van der Waals surface area contributed by atoms with Gasteiger partial charge in [-0.1, -0.05) is 158 Å². The Morgan fingerprint density at radius 3 is 1.37 bits per heavy atom. The Morgan fingerprint density at radius 1 is 0.456 bits per heavy atom. The van der Waals surface area contributed by atoms with Gasteiger partial charge in [0.1, 0.15) is 11.5 Å². The van der Waals surface area contributed by atoms with Crippen LogP contribution in [-0.4, -0.2) is 6.54 Å². The molecular formula is C60H63N7O. The van der Waals surface area contributed by atoms with Crippen LogP contribution in [0.5, 0.6) is 11.5 Å². The van der Waals surface area contributed by atoms with Crippen LogP contribution in [-0.2, 0) is 5.41 Å². The van der Waals surface area contributed by atoms with Crippen molar-refractivity contribution in [2.24, 2.45) is 42.5 Å². The van der Waals surface area contributed by atoms with E-state index < -0.39 is 0 Å². The number of hydrogen-bond acceptors (Lipinski definition) is 8. The minimum atomic E-state index is 0.133. The minimum absolute atomic E-state index is 0.133. The first-order valence-corrected chi connectivity index (χ1v) is 24.8. The predicted molar refractivity (Wildman–Crippen MR) is 283 cm³/mol. The molecule has 0 radical (unpaired) electrons. The molecule has 0 aliphatic heterocycles. The van der Waals surface area contributed by atoms with E-state index in [1.54, 1.807) is 0 Å². The van der Waals surface area contributed by atoms with E-state index in [0.717, 1.165) is 103 Å². The van der Waals surface area contributed by atoms with Gasteiger partial charge in [-0.2, -0.15) is 5.11 Å². The molecule has 1 aliphatic rings. The third-order valence-electron chi connectivity index (χ3n) is 14.1. The molecular weight excluding hydrogens is 835 g/mol. The van der Waals surface area contributed by atoms with Gasteiger partial charge in [0.25, 0.3) is 0 Å². The molecule has 0 amide bonds. The molecule has 0 atom stereocenters. The fourth-order valence-corrected chi connectivity index (χ4v) is 9.47. The summed E-state index contributed by atoms with van der Waals surface area (Å²) < 4.78 is 6.13. The first kappa shape index (κ1) is 46.1. The zero-order chi connectivity index (χ0) is 46.7. The monoisotopic (exact) mass is 898 g/mol. The van der Waals surface area contributed by atoms with Crippen LogP contribution >= 0.6 is 0 Å². The van der Waals surface area contributed by atoms with E-state index in [2.05, 4.69) is 104 Å². The molecule has 8 aromatic carbocycles. The van der Waals surface area contributed by atoms with Crippen molar-refractivity contribution in [2.45, 2.75) is 97.3 Å². The molecule has 1 saturated carbocycles. The van der Waals surface area contributed by atoms with Crippen molar-refractivity contribution in [1.29, 1.82) is 0 Å². The SMILES string of the molecule is CCCCCCC1CCC(CNc2ccc(N=Nc3ccc(N=Nc4ccc(N=Nc5ccc(Oc6ccc(C(C)(C)CC)cc6)cc5)c5ccccc45)c4ccccc34)c3ccccc23)CC1. The first-order valence-electron chi connectivity index (χ1n) is 24.8. The van der Waals surface area contributed by atoms with Gasteiger partial charge in [-0.3, -0.25) is 0 Å². The smallest absolute Gasteiger partial charge is 0.127 e. The van der Waals surface area contributed by atoms with Gasteiger partial charge in [-0.05, 0) is 115 Å². The van der Waals surface area contributed by atoms with Crippen LogP contribution in [0.4, 0.5) is 39.8 Å². The number of fused-ring (bicyclic) bond motifs is 3. The van der Waals surface area contributed by atoms with Gasteiger partial charge in [0, 0.05) is 44.5 Å². The number of nitrogens with one attached hydrogen (secondary N) is 1. The van der Waals surface area contributed by atoms with E-state index in [-0.39, 0.29) is 5.41 Å². The highest BCUT2D eigenvalue weighted by molar-refractivity contribution is 6.02. The maximum absolute atomic E-state index is 6.13. The van der Waals surface area contributed by atoms with Crippen LogP contribution in [0.1, 0.15) is 97.5 Å². The molecule has 8 aromatic rings. The van der Waals surface area contributed by atoms with Crippen molar-refractivity contribution in [3.05, 3.63) is 163 Å². The summed E-state index contributed by atoms with van der Waals surface area (Å²) in [7, 11) is 0. The molecule has 1 N–H and O–H groups in total. The Hall–Kier alpha value is -7.06. The summed E-state index contributed by atoms with van der Waals surface area (Å²) in [6.07, 6.45) is 13.4. The van der Waals surface area contributed by atoms with Gasteiger partial charge in [-0.15, -0.1) is 25.6 Å². The molecule has 8 heteroatoms. The lowest BCUT2D eigenvalue weighted by Crippen LogP contribution is -2.21. The van der Waals surface area contributed by atoms with Gasteiger partial charge in [-0.25, -0.2) is 0 Å². The summed E-state index contributed by atoms with van der Waals surface area (Å²) in [6, 6.07) is 52.8. The summed E-state index contributed by atoms with van der Waals surface area (Å²) in [5.74, 6) is 3.19. The molecule has 0 aromatic heterocycles. The average Bonchev–Trinajstić information content (AvgIpc) is 3.38. The van der Waals surface area contributed by atoms with E-state index >= 15 is 0 Å². The Morgan fingerprint density at radius 2 is 0.882 bits per heavy atom. The lowest BCUT2D eigenvalue weighted by atomic mass is 9.79. The third-order valence-corrected chi connectivity index (χ3v) is 14.1. The number of hydrogen-bond donors (Lipinski definition) is 1. The van der Waals surface area contributed by atoms with Crippen molar-refractivity contribution < 1.29 is 4.74 Å². The molecule has 0 saturated heterocycles. The van der Waals surface area contributed by atoms with Gasteiger partial charge in [0.15, 0.2) is 0 Å². The van der Waals surface area contributed by atoms with E-state index in [1.807, 2.05) is 97.1 Å². The van der Waals surface area contributed by atoms with Crippen LogP contribution in [0.2, 0.25) is 0 Å². The highest BCUT2D eigenvalue weighted by Crippen LogP contribution is 2.40. The predicted octanol–water partition coefficient (Wildman–Crippen LogP) is 20.1.